The number of para-hydroxylation sites is 1. The summed E-state index contributed by atoms with van der Waals surface area (Å²) in [5.74, 6) is 45.3. The molecule has 0 fully saturated rings. The molecule has 0 radical (unpaired) electrons. The number of carbonyl (C=O) groups excluding carboxylic acids is 2. The van der Waals surface area contributed by atoms with Crippen molar-refractivity contribution in [2.45, 2.75) is 136 Å². The fourth-order valence-electron chi connectivity index (χ4n) is 7.10. The van der Waals surface area contributed by atoms with E-state index in [1.807, 2.05) is 18.2 Å². The molecule has 0 saturated carbocycles. The first-order valence-electron chi connectivity index (χ1n) is 22.3. The van der Waals surface area contributed by atoms with Gasteiger partial charge in [0.2, 0.25) is 5.78 Å². The summed E-state index contributed by atoms with van der Waals surface area (Å²) < 4.78 is 4.93. The molecule has 1 aromatic carbocycles. The standard InChI is InChI=1S/C58H54N2O5/c1-5-7-9-11-13-15-17-19-21-23-24-25-27-29-31-33-35-37-41-47-65-57(62)52-49-51(60(63)64)48-50(56(52)61)44-45-55-58(3,4)53-42-38-39-43-54(53)59(55)46-40-36-34-32-30-28-26-22-20-18-16-14-12-10-8-6-2/h38-39,42-45,48-49H,6,8,10,12,14,16,18,20,22,26,28,30,32,34,36,40,46H2,1-4H3/b50-44+,55-45?. The van der Waals surface area contributed by atoms with Crippen molar-refractivity contribution in [2.24, 2.45) is 0 Å². The van der Waals surface area contributed by atoms with Gasteiger partial charge < -0.3 is 9.64 Å². The lowest BCUT2D eigenvalue weighted by molar-refractivity contribution is -0.419. The number of nitro groups is 1. The Morgan fingerprint density at radius 1 is 0.646 bits per heavy atom. The highest BCUT2D eigenvalue weighted by Gasteiger charge is 2.39. The van der Waals surface area contributed by atoms with Crippen LogP contribution >= 0.6 is 0 Å². The number of carbonyl (C=O) groups is 2. The number of anilines is 1. The molecular formula is C58H54N2O5. The van der Waals surface area contributed by atoms with Gasteiger partial charge in [0.1, 0.15) is 11.7 Å². The van der Waals surface area contributed by atoms with Gasteiger partial charge in [0.15, 0.2) is 0 Å². The van der Waals surface area contributed by atoms with Crippen molar-refractivity contribution in [1.29, 1.82) is 0 Å². The maximum absolute atomic E-state index is 13.6. The summed E-state index contributed by atoms with van der Waals surface area (Å²) in [6.07, 6.45) is 28.3. The minimum absolute atomic E-state index is 0.0206. The van der Waals surface area contributed by atoms with Gasteiger partial charge in [0.25, 0.3) is 5.70 Å². The Labute approximate surface area is 387 Å². The van der Waals surface area contributed by atoms with E-state index in [-0.39, 0.29) is 5.57 Å². The van der Waals surface area contributed by atoms with Crippen molar-refractivity contribution >= 4 is 17.4 Å². The number of benzene rings is 1. The van der Waals surface area contributed by atoms with Crippen LogP contribution in [0.5, 0.6) is 0 Å². The number of ether oxygens (including phenoxy) is 1. The zero-order valence-electron chi connectivity index (χ0n) is 38.1. The highest BCUT2D eigenvalue weighted by Crippen LogP contribution is 2.47. The number of fused-ring (bicyclic) bond motifs is 1. The summed E-state index contributed by atoms with van der Waals surface area (Å²) in [4.78, 5) is 40.0. The third-order valence-corrected chi connectivity index (χ3v) is 10.4. The third-order valence-electron chi connectivity index (χ3n) is 10.4. The summed E-state index contributed by atoms with van der Waals surface area (Å²) in [5, 5.41) is 11.9. The highest BCUT2D eigenvalue weighted by atomic mass is 16.6. The molecule has 0 N–H and O–H groups in total. The van der Waals surface area contributed by atoms with E-state index in [0.29, 0.717) is 0 Å². The van der Waals surface area contributed by atoms with Crippen LogP contribution in [0.3, 0.4) is 0 Å². The van der Waals surface area contributed by atoms with Crippen molar-refractivity contribution in [1.82, 2.24) is 0 Å². The van der Waals surface area contributed by atoms with Crippen molar-refractivity contribution in [2.75, 3.05) is 11.4 Å². The van der Waals surface area contributed by atoms with Gasteiger partial charge >= 0.3 is 5.97 Å². The number of nitrogens with zero attached hydrogens (tertiary/aromatic N) is 2. The second-order valence-electron chi connectivity index (χ2n) is 15.5. The van der Waals surface area contributed by atoms with Crippen LogP contribution in [0.1, 0.15) is 136 Å². The third kappa shape index (κ3) is 19.4. The summed E-state index contributed by atoms with van der Waals surface area (Å²) in [6, 6.07) is 8.25. The second-order valence-corrected chi connectivity index (χ2v) is 15.5. The molecule has 0 aromatic heterocycles. The first-order valence-corrected chi connectivity index (χ1v) is 22.3. The minimum atomic E-state index is -1.14. The van der Waals surface area contributed by atoms with E-state index in [2.05, 4.69) is 156 Å². The quantitative estimate of drug-likeness (QED) is 0.0247. The maximum Gasteiger partial charge on any atom is 0.356 e. The maximum atomic E-state index is 13.6. The predicted molar refractivity (Wildman–Crippen MR) is 260 cm³/mol. The topological polar surface area (TPSA) is 89.8 Å². The summed E-state index contributed by atoms with van der Waals surface area (Å²) in [6.45, 7) is 8.99. The second kappa shape index (κ2) is 31.0. The molecule has 1 aliphatic carbocycles. The van der Waals surface area contributed by atoms with Gasteiger partial charge in [-0.25, -0.2) is 4.79 Å². The van der Waals surface area contributed by atoms with Gasteiger partial charge in [0.05, 0.1) is 4.92 Å². The van der Waals surface area contributed by atoms with Gasteiger partial charge in [-0.2, -0.15) is 0 Å². The Balaban J connectivity index is 1.57. The molecule has 3 rings (SSSR count). The smallest absolute Gasteiger partial charge is 0.356 e. The number of esters is 1. The Hall–Kier alpha value is -7.88. The lowest BCUT2D eigenvalue weighted by Crippen LogP contribution is -2.27. The number of hydrogen-bond acceptors (Lipinski definition) is 6. The lowest BCUT2D eigenvalue weighted by atomic mass is 9.83. The van der Waals surface area contributed by atoms with E-state index < -0.39 is 33.4 Å². The van der Waals surface area contributed by atoms with Crippen LogP contribution in [0, 0.1) is 129 Å². The Morgan fingerprint density at radius 3 is 1.57 bits per heavy atom. The zero-order valence-corrected chi connectivity index (χ0v) is 38.1. The molecule has 1 heterocycles. The molecule has 0 spiro atoms. The van der Waals surface area contributed by atoms with Crippen LogP contribution in [0.4, 0.5) is 5.69 Å². The number of unbranched alkanes of at least 4 members (excludes halogenated alkanes) is 15. The van der Waals surface area contributed by atoms with Crippen molar-refractivity contribution in [3.05, 3.63) is 86.8 Å². The summed E-state index contributed by atoms with van der Waals surface area (Å²) >= 11 is 0. The van der Waals surface area contributed by atoms with Crippen LogP contribution in [-0.2, 0) is 19.7 Å². The van der Waals surface area contributed by atoms with Crippen molar-refractivity contribution in [3.8, 4) is 119 Å². The largest absolute Gasteiger partial charge is 0.367 e. The van der Waals surface area contributed by atoms with Crippen LogP contribution < -0.4 is 4.90 Å². The molecule has 0 atom stereocenters. The van der Waals surface area contributed by atoms with Crippen LogP contribution in [0.2, 0.25) is 0 Å². The van der Waals surface area contributed by atoms with E-state index in [0.717, 1.165) is 42.4 Å². The Morgan fingerprint density at radius 2 is 1.09 bits per heavy atom. The molecule has 0 bridgehead atoms. The van der Waals surface area contributed by atoms with Crippen LogP contribution in [0.25, 0.3) is 0 Å². The van der Waals surface area contributed by atoms with Gasteiger partial charge in [-0.3, -0.25) is 14.9 Å². The molecule has 1 aliphatic heterocycles. The SMILES string of the molecule is CC#CC#CC#CC#CC#CC#CC#CC#CC#CC#COC(=O)C1=CC([N+](=O)[O-])=C/C(=C\C=C2N(CCCCCCCCCCCCCCCCCC)c3ccccc3C2(C)C)C1=O. The average Bonchev–Trinajstić information content (AvgIpc) is 3.51. The lowest BCUT2D eigenvalue weighted by Gasteiger charge is -2.27. The minimum Gasteiger partial charge on any atom is -0.367 e. The van der Waals surface area contributed by atoms with Gasteiger partial charge in [-0.05, 0) is 84.5 Å². The number of hydrogen-bond donors (Lipinski definition) is 0. The van der Waals surface area contributed by atoms with E-state index in [1.54, 1.807) is 13.0 Å². The molecule has 0 unspecified atom stereocenters. The fraction of sp³-hybridized carbons (Fsp3) is 0.379. The molecule has 0 amide bonds. The van der Waals surface area contributed by atoms with E-state index in [4.69, 9.17) is 4.74 Å². The van der Waals surface area contributed by atoms with Gasteiger partial charge in [0, 0.05) is 100 Å². The van der Waals surface area contributed by atoms with Crippen molar-refractivity contribution in [3.63, 3.8) is 0 Å². The number of allylic oxidation sites excluding steroid dienone is 6. The zero-order chi connectivity index (χ0) is 46.8. The Bertz CT molecular complexity index is 2690. The van der Waals surface area contributed by atoms with E-state index in [1.165, 1.54) is 96.0 Å². The number of rotatable bonds is 20. The monoisotopic (exact) mass is 858 g/mol. The fourth-order valence-corrected chi connectivity index (χ4v) is 7.10. The predicted octanol–water partition coefficient (Wildman–Crippen LogP) is 10.1. The molecule has 2 aliphatic rings. The summed E-state index contributed by atoms with van der Waals surface area (Å²) in [5.41, 5.74) is 1.84. The first-order chi connectivity index (χ1) is 31.7. The molecule has 65 heavy (non-hydrogen) atoms. The first kappa shape index (κ1) is 51.5. The number of ketones is 1. The molecule has 326 valence electrons. The summed E-state index contributed by atoms with van der Waals surface area (Å²) in [7, 11) is 0. The molecule has 7 nitrogen and oxygen atoms in total. The molecule has 0 saturated heterocycles. The number of Topliss-reactive ketones (excluding diaryl/α,β-unsaturated/α-hetero) is 1. The molecule has 1 aromatic rings. The van der Waals surface area contributed by atoms with Crippen molar-refractivity contribution < 1.29 is 19.2 Å². The van der Waals surface area contributed by atoms with Crippen LogP contribution in [0.15, 0.2) is 71.1 Å². The van der Waals surface area contributed by atoms with E-state index >= 15 is 0 Å². The highest BCUT2D eigenvalue weighted by molar-refractivity contribution is 6.26. The van der Waals surface area contributed by atoms with Crippen LogP contribution in [-0.4, -0.2) is 23.2 Å². The molecular weight excluding hydrogens is 805 g/mol. The van der Waals surface area contributed by atoms with Gasteiger partial charge in [-0.15, -0.1) is 0 Å². The average molecular weight is 859 g/mol. The van der Waals surface area contributed by atoms with Gasteiger partial charge in [-0.1, -0.05) is 141 Å². The Kier molecular flexibility index (Phi) is 24.6. The molecule has 7 heteroatoms. The normalized spacial score (nSPS) is 13.3. The van der Waals surface area contributed by atoms with E-state index in [9.17, 15) is 19.7 Å².